The van der Waals surface area contributed by atoms with Crippen LogP contribution in [0.4, 0.5) is 0 Å². The van der Waals surface area contributed by atoms with Crippen molar-refractivity contribution in [3.63, 3.8) is 0 Å². The molecule has 1 aliphatic carbocycles. The van der Waals surface area contributed by atoms with Crippen molar-refractivity contribution in [2.45, 2.75) is 38.5 Å². The van der Waals surface area contributed by atoms with Crippen LogP contribution < -0.4 is 0 Å². The Kier molecular flexibility index (Phi) is 4.87. The van der Waals surface area contributed by atoms with Gasteiger partial charge in [-0.1, -0.05) is 36.4 Å². The van der Waals surface area contributed by atoms with Gasteiger partial charge in [0.1, 0.15) is 0 Å². The van der Waals surface area contributed by atoms with Crippen LogP contribution >= 0.6 is 0 Å². The van der Waals surface area contributed by atoms with Crippen LogP contribution in [0.5, 0.6) is 0 Å². The highest BCUT2D eigenvalue weighted by Gasteiger charge is 2.28. The molecule has 0 saturated carbocycles. The zero-order valence-electron chi connectivity index (χ0n) is 15.1. The molecule has 0 spiro atoms. The Labute approximate surface area is 155 Å². The maximum absolute atomic E-state index is 12.9. The van der Waals surface area contributed by atoms with Gasteiger partial charge < -0.3 is 4.90 Å². The summed E-state index contributed by atoms with van der Waals surface area (Å²) >= 11 is 0. The average Bonchev–Trinajstić information content (AvgIpc) is 2.73. The van der Waals surface area contributed by atoms with Gasteiger partial charge in [0.2, 0.25) is 0 Å². The number of likely N-dealkylation sites (tertiary alicyclic amines) is 1. The van der Waals surface area contributed by atoms with E-state index in [1.165, 1.54) is 24.0 Å². The number of piperidine rings is 1. The number of amides is 1. The molecule has 1 heterocycles. The predicted molar refractivity (Wildman–Crippen MR) is 102 cm³/mol. The number of Topliss-reactive ketones (excluding diaryl/α,β-unsaturated/α-hetero) is 1. The summed E-state index contributed by atoms with van der Waals surface area (Å²) in [7, 11) is 0. The Morgan fingerprint density at radius 2 is 1.50 bits per heavy atom. The fraction of sp³-hybridized carbons (Fsp3) is 0.391. The van der Waals surface area contributed by atoms with Crippen molar-refractivity contribution < 1.29 is 9.59 Å². The normalized spacial score (nSPS) is 17.6. The summed E-state index contributed by atoms with van der Waals surface area (Å²) in [4.78, 5) is 27.4. The molecule has 1 aliphatic heterocycles. The largest absolute Gasteiger partial charge is 0.339 e. The van der Waals surface area contributed by atoms with E-state index in [9.17, 15) is 9.59 Å². The highest BCUT2D eigenvalue weighted by molar-refractivity contribution is 5.98. The Hall–Kier alpha value is -2.42. The van der Waals surface area contributed by atoms with Crippen LogP contribution in [-0.2, 0) is 12.8 Å². The molecule has 3 nitrogen and oxygen atoms in total. The number of fused-ring (bicyclic) bond motifs is 1. The Morgan fingerprint density at radius 1 is 0.808 bits per heavy atom. The zero-order valence-corrected chi connectivity index (χ0v) is 15.1. The lowest BCUT2D eigenvalue weighted by Crippen LogP contribution is -2.40. The molecular formula is C23H25NO2. The molecule has 3 heteroatoms. The third-order valence-corrected chi connectivity index (χ3v) is 5.81. The summed E-state index contributed by atoms with van der Waals surface area (Å²) < 4.78 is 0. The van der Waals surface area contributed by atoms with E-state index in [-0.39, 0.29) is 17.6 Å². The summed E-state index contributed by atoms with van der Waals surface area (Å²) in [6.07, 6.45) is 6.20. The number of hydrogen-bond acceptors (Lipinski definition) is 2. The average molecular weight is 347 g/mol. The molecule has 2 aromatic carbocycles. The SMILES string of the molecule is O=C(c1ccccc1)C1CCN(C(=O)c2ccc3c(c2)CCCC3)CC1. The van der Waals surface area contributed by atoms with E-state index >= 15 is 0 Å². The minimum absolute atomic E-state index is 0.0324. The molecule has 0 bridgehead atoms. The molecule has 4 rings (SSSR count). The van der Waals surface area contributed by atoms with Gasteiger partial charge in [0.25, 0.3) is 5.91 Å². The van der Waals surface area contributed by atoms with Gasteiger partial charge >= 0.3 is 0 Å². The van der Waals surface area contributed by atoms with Gasteiger partial charge in [-0.15, -0.1) is 0 Å². The van der Waals surface area contributed by atoms with Crippen molar-refractivity contribution >= 4 is 11.7 Å². The Morgan fingerprint density at radius 3 is 2.23 bits per heavy atom. The molecule has 2 aliphatic rings. The predicted octanol–water partition coefficient (Wildman–Crippen LogP) is 4.30. The van der Waals surface area contributed by atoms with E-state index in [0.717, 1.165) is 36.8 Å². The summed E-state index contributed by atoms with van der Waals surface area (Å²) in [6, 6.07) is 15.7. The van der Waals surface area contributed by atoms with E-state index < -0.39 is 0 Å². The molecule has 1 saturated heterocycles. The summed E-state index contributed by atoms with van der Waals surface area (Å²) in [6.45, 7) is 1.33. The van der Waals surface area contributed by atoms with Gasteiger partial charge in [-0.25, -0.2) is 0 Å². The molecule has 2 aromatic rings. The van der Waals surface area contributed by atoms with Crippen LogP contribution in [0.1, 0.15) is 57.5 Å². The fourth-order valence-corrected chi connectivity index (χ4v) is 4.23. The second-order valence-corrected chi connectivity index (χ2v) is 7.49. The first-order chi connectivity index (χ1) is 12.7. The van der Waals surface area contributed by atoms with Crippen molar-refractivity contribution in [1.82, 2.24) is 4.90 Å². The van der Waals surface area contributed by atoms with Crippen LogP contribution in [0.2, 0.25) is 0 Å². The van der Waals surface area contributed by atoms with Gasteiger partial charge in [0, 0.05) is 30.1 Å². The highest BCUT2D eigenvalue weighted by Crippen LogP contribution is 2.25. The first-order valence-corrected chi connectivity index (χ1v) is 9.73. The smallest absolute Gasteiger partial charge is 0.253 e. The number of nitrogens with zero attached hydrogens (tertiary/aromatic N) is 1. The minimum Gasteiger partial charge on any atom is -0.339 e. The standard InChI is InChI=1S/C23H25NO2/c25-22(18-7-2-1-3-8-18)19-12-14-24(15-13-19)23(26)21-11-10-17-6-4-5-9-20(17)16-21/h1-3,7-8,10-11,16,19H,4-6,9,12-15H2. The zero-order chi connectivity index (χ0) is 17.9. The minimum atomic E-state index is 0.0324. The Balaban J connectivity index is 1.40. The summed E-state index contributed by atoms with van der Waals surface area (Å²) in [5, 5.41) is 0. The quantitative estimate of drug-likeness (QED) is 0.776. The van der Waals surface area contributed by atoms with Gasteiger partial charge in [-0.2, -0.15) is 0 Å². The number of ketones is 1. The fourth-order valence-electron chi connectivity index (χ4n) is 4.23. The number of carbonyl (C=O) groups is 2. The summed E-state index contributed by atoms with van der Waals surface area (Å²) in [5.74, 6) is 0.362. The molecule has 1 fully saturated rings. The van der Waals surface area contributed by atoms with E-state index in [2.05, 4.69) is 12.1 Å². The van der Waals surface area contributed by atoms with Gasteiger partial charge in [-0.3, -0.25) is 9.59 Å². The third-order valence-electron chi connectivity index (χ3n) is 5.81. The maximum atomic E-state index is 12.9. The second kappa shape index (κ2) is 7.45. The lowest BCUT2D eigenvalue weighted by atomic mass is 9.88. The molecule has 0 aromatic heterocycles. The van der Waals surface area contributed by atoms with Crippen molar-refractivity contribution in [3.8, 4) is 0 Å². The van der Waals surface area contributed by atoms with Crippen molar-refractivity contribution in [3.05, 3.63) is 70.8 Å². The lowest BCUT2D eigenvalue weighted by Gasteiger charge is -2.31. The first-order valence-electron chi connectivity index (χ1n) is 9.73. The number of aryl methyl sites for hydroxylation is 2. The summed E-state index contributed by atoms with van der Waals surface area (Å²) in [5.41, 5.74) is 4.33. The van der Waals surface area contributed by atoms with Gasteiger partial charge in [0.15, 0.2) is 5.78 Å². The topological polar surface area (TPSA) is 37.4 Å². The van der Waals surface area contributed by atoms with Crippen LogP contribution in [0.3, 0.4) is 0 Å². The number of carbonyl (C=O) groups excluding carboxylic acids is 2. The molecule has 26 heavy (non-hydrogen) atoms. The van der Waals surface area contributed by atoms with E-state index in [4.69, 9.17) is 0 Å². The lowest BCUT2D eigenvalue weighted by molar-refractivity contribution is 0.0650. The van der Waals surface area contributed by atoms with Gasteiger partial charge in [-0.05, 0) is 61.8 Å². The van der Waals surface area contributed by atoms with E-state index in [1.807, 2.05) is 41.3 Å². The third kappa shape index (κ3) is 3.44. The number of rotatable bonds is 3. The molecule has 0 N–H and O–H groups in total. The maximum Gasteiger partial charge on any atom is 0.253 e. The second-order valence-electron chi connectivity index (χ2n) is 7.49. The van der Waals surface area contributed by atoms with E-state index in [0.29, 0.717) is 13.1 Å². The molecule has 1 amide bonds. The van der Waals surface area contributed by atoms with Crippen LogP contribution in [-0.4, -0.2) is 29.7 Å². The van der Waals surface area contributed by atoms with Crippen molar-refractivity contribution in [2.24, 2.45) is 5.92 Å². The van der Waals surface area contributed by atoms with Gasteiger partial charge in [0.05, 0.1) is 0 Å². The molecule has 0 atom stereocenters. The molecule has 134 valence electrons. The monoisotopic (exact) mass is 347 g/mol. The molecular weight excluding hydrogens is 322 g/mol. The number of hydrogen-bond donors (Lipinski definition) is 0. The van der Waals surface area contributed by atoms with Crippen LogP contribution in [0, 0.1) is 5.92 Å². The number of benzene rings is 2. The molecule has 0 unspecified atom stereocenters. The van der Waals surface area contributed by atoms with E-state index in [1.54, 1.807) is 0 Å². The van der Waals surface area contributed by atoms with Crippen LogP contribution in [0.25, 0.3) is 0 Å². The van der Waals surface area contributed by atoms with Crippen molar-refractivity contribution in [2.75, 3.05) is 13.1 Å². The highest BCUT2D eigenvalue weighted by atomic mass is 16.2. The Bertz CT molecular complexity index is 804. The molecule has 0 radical (unpaired) electrons. The first kappa shape index (κ1) is 17.0. The van der Waals surface area contributed by atoms with Crippen molar-refractivity contribution in [1.29, 1.82) is 0 Å². The van der Waals surface area contributed by atoms with Crippen LogP contribution in [0.15, 0.2) is 48.5 Å².